The molecule has 3 atom stereocenters. The molecule has 0 aliphatic heterocycles. The van der Waals surface area contributed by atoms with E-state index in [2.05, 4.69) is 0 Å². The summed E-state index contributed by atoms with van der Waals surface area (Å²) in [5, 5.41) is 10.1. The van der Waals surface area contributed by atoms with E-state index in [-0.39, 0.29) is 6.61 Å². The summed E-state index contributed by atoms with van der Waals surface area (Å²) in [5.74, 6) is -4.86. The maximum absolute atomic E-state index is 13.9. The number of ether oxygens (including phenoxy) is 1. The van der Waals surface area contributed by atoms with Crippen LogP contribution >= 0.6 is 0 Å². The summed E-state index contributed by atoms with van der Waals surface area (Å²) in [6.45, 7) is 0.262. The quantitative estimate of drug-likeness (QED) is 0.879. The first-order chi connectivity index (χ1) is 10.6. The average molecular weight is 304 g/mol. The second kappa shape index (κ2) is 6.15. The average Bonchev–Trinajstić information content (AvgIpc) is 3.09. The lowest BCUT2D eigenvalue weighted by atomic mass is 10.0. The Hall–Kier alpha value is -1.78. The van der Waals surface area contributed by atoms with Crippen LogP contribution in [0.2, 0.25) is 0 Å². The Bertz CT molecular complexity index is 601. The summed E-state index contributed by atoms with van der Waals surface area (Å²) < 4.78 is 33.2. The fraction of sp³-hybridized carbons (Fsp3) is 0.333. The highest BCUT2D eigenvalue weighted by molar-refractivity contribution is 5.23. The molecule has 116 valence electrons. The molecule has 2 nitrogen and oxygen atoms in total. The maximum atomic E-state index is 13.9. The summed E-state index contributed by atoms with van der Waals surface area (Å²) in [5.41, 5.74) is 1.48. The molecule has 2 aromatic carbocycles. The van der Waals surface area contributed by atoms with Crippen molar-refractivity contribution in [2.45, 2.75) is 18.6 Å². The first-order valence-electron chi connectivity index (χ1n) is 7.33. The second-order valence-electron chi connectivity index (χ2n) is 5.66. The summed E-state index contributed by atoms with van der Waals surface area (Å²) in [6, 6.07) is 18.0. The predicted molar refractivity (Wildman–Crippen MR) is 79.4 cm³/mol. The summed E-state index contributed by atoms with van der Waals surface area (Å²) in [4.78, 5) is 0. The molecule has 4 heteroatoms. The summed E-state index contributed by atoms with van der Waals surface area (Å²) in [6.07, 6.45) is -1.15. The molecule has 1 aliphatic carbocycles. The topological polar surface area (TPSA) is 29.5 Å². The number of rotatable bonds is 6. The normalized spacial score (nSPS) is 24.0. The van der Waals surface area contributed by atoms with Crippen LogP contribution < -0.4 is 0 Å². The van der Waals surface area contributed by atoms with Gasteiger partial charge in [0.2, 0.25) is 0 Å². The van der Waals surface area contributed by atoms with Gasteiger partial charge in [0.15, 0.2) is 0 Å². The predicted octanol–water partition coefficient (Wildman–Crippen LogP) is 3.82. The van der Waals surface area contributed by atoms with Crippen LogP contribution in [0.1, 0.15) is 17.2 Å². The van der Waals surface area contributed by atoms with Gasteiger partial charge in [0.25, 0.3) is 5.92 Å². The molecule has 2 aromatic rings. The number of halogens is 2. The van der Waals surface area contributed by atoms with Crippen molar-refractivity contribution >= 4 is 0 Å². The van der Waals surface area contributed by atoms with Gasteiger partial charge in [-0.3, -0.25) is 0 Å². The largest absolute Gasteiger partial charge is 0.388 e. The van der Waals surface area contributed by atoms with Gasteiger partial charge in [-0.25, -0.2) is 8.78 Å². The zero-order chi connectivity index (χ0) is 15.6. The van der Waals surface area contributed by atoms with E-state index in [9.17, 15) is 13.9 Å². The van der Waals surface area contributed by atoms with Crippen molar-refractivity contribution in [3.05, 3.63) is 71.8 Å². The Kier molecular flexibility index (Phi) is 4.23. The molecule has 1 unspecified atom stereocenters. The van der Waals surface area contributed by atoms with Gasteiger partial charge in [-0.05, 0) is 11.1 Å². The number of aliphatic hydroxyl groups is 1. The third-order valence-electron chi connectivity index (χ3n) is 4.15. The molecule has 0 aromatic heterocycles. The van der Waals surface area contributed by atoms with Gasteiger partial charge in [0, 0.05) is 0 Å². The highest BCUT2D eigenvalue weighted by Crippen LogP contribution is 2.60. The molecule has 0 saturated heterocycles. The van der Waals surface area contributed by atoms with Crippen molar-refractivity contribution in [1.82, 2.24) is 0 Å². The van der Waals surface area contributed by atoms with Crippen LogP contribution in [-0.2, 0) is 11.3 Å². The molecule has 0 amide bonds. The Balaban J connectivity index is 1.56. The van der Waals surface area contributed by atoms with Crippen molar-refractivity contribution in [2.24, 2.45) is 11.8 Å². The zero-order valence-corrected chi connectivity index (χ0v) is 12.0. The van der Waals surface area contributed by atoms with Crippen molar-refractivity contribution in [3.63, 3.8) is 0 Å². The monoisotopic (exact) mass is 304 g/mol. The molecule has 1 N–H and O–H groups in total. The van der Waals surface area contributed by atoms with Gasteiger partial charge in [-0.1, -0.05) is 60.7 Å². The number of hydrogen-bond acceptors (Lipinski definition) is 2. The fourth-order valence-electron chi connectivity index (χ4n) is 2.80. The van der Waals surface area contributed by atoms with Crippen molar-refractivity contribution in [1.29, 1.82) is 0 Å². The lowest BCUT2D eigenvalue weighted by molar-refractivity contribution is 0.0336. The van der Waals surface area contributed by atoms with E-state index in [1.54, 1.807) is 30.3 Å². The molecule has 0 bridgehead atoms. The molecule has 3 rings (SSSR count). The van der Waals surface area contributed by atoms with E-state index in [1.165, 1.54) is 0 Å². The molecule has 1 aliphatic rings. The van der Waals surface area contributed by atoms with Crippen molar-refractivity contribution < 1.29 is 18.6 Å². The molecule has 1 saturated carbocycles. The maximum Gasteiger partial charge on any atom is 0.259 e. The van der Waals surface area contributed by atoms with E-state index < -0.39 is 23.9 Å². The number of aliphatic hydroxyl groups excluding tert-OH is 1. The lowest BCUT2D eigenvalue weighted by Crippen LogP contribution is -2.06. The third-order valence-corrected chi connectivity index (χ3v) is 4.15. The van der Waals surface area contributed by atoms with E-state index >= 15 is 0 Å². The van der Waals surface area contributed by atoms with Crippen LogP contribution in [0, 0.1) is 11.8 Å². The summed E-state index contributed by atoms with van der Waals surface area (Å²) >= 11 is 0. The fourth-order valence-corrected chi connectivity index (χ4v) is 2.80. The Morgan fingerprint density at radius 1 is 1.00 bits per heavy atom. The molecule has 22 heavy (non-hydrogen) atoms. The number of alkyl halides is 2. The van der Waals surface area contributed by atoms with Crippen molar-refractivity contribution in [3.8, 4) is 0 Å². The van der Waals surface area contributed by atoms with E-state index in [0.29, 0.717) is 12.2 Å². The van der Waals surface area contributed by atoms with Gasteiger partial charge in [0.1, 0.15) is 0 Å². The van der Waals surface area contributed by atoms with E-state index in [4.69, 9.17) is 4.74 Å². The van der Waals surface area contributed by atoms with E-state index in [0.717, 1.165) is 5.56 Å². The Morgan fingerprint density at radius 3 is 2.23 bits per heavy atom. The molecular weight excluding hydrogens is 286 g/mol. The van der Waals surface area contributed by atoms with Gasteiger partial charge in [0.05, 0.1) is 31.2 Å². The zero-order valence-electron chi connectivity index (χ0n) is 12.0. The van der Waals surface area contributed by atoms with Gasteiger partial charge in [-0.2, -0.15) is 0 Å². The highest BCUT2D eigenvalue weighted by atomic mass is 19.3. The van der Waals surface area contributed by atoms with Crippen LogP contribution in [0.3, 0.4) is 0 Å². The number of hydrogen-bond donors (Lipinski definition) is 1. The smallest absolute Gasteiger partial charge is 0.259 e. The molecule has 0 spiro atoms. The Labute approximate surface area is 128 Å². The Morgan fingerprint density at radius 2 is 1.59 bits per heavy atom. The highest BCUT2D eigenvalue weighted by Gasteiger charge is 2.70. The minimum Gasteiger partial charge on any atom is -0.388 e. The van der Waals surface area contributed by atoms with Gasteiger partial charge >= 0.3 is 0 Å². The standard InChI is InChI=1S/C18H18F2O2/c19-18(20)15(12-22-11-13-7-3-1-4-8-13)16(18)17(21)14-9-5-2-6-10-14/h1-10,15-17,21H,11-12H2/t15-,16+,17?/m1/s1. The van der Waals surface area contributed by atoms with Crippen LogP contribution in [0.25, 0.3) is 0 Å². The summed E-state index contributed by atoms with van der Waals surface area (Å²) in [7, 11) is 0. The van der Waals surface area contributed by atoms with Crippen LogP contribution in [0.5, 0.6) is 0 Å². The second-order valence-corrected chi connectivity index (χ2v) is 5.66. The van der Waals surface area contributed by atoms with Gasteiger partial charge < -0.3 is 9.84 Å². The molecule has 0 heterocycles. The molecule has 1 fully saturated rings. The minimum absolute atomic E-state index is 0.0452. The van der Waals surface area contributed by atoms with Crippen LogP contribution in [0.4, 0.5) is 8.78 Å². The van der Waals surface area contributed by atoms with Crippen molar-refractivity contribution in [2.75, 3.05) is 6.61 Å². The first-order valence-corrected chi connectivity index (χ1v) is 7.33. The third kappa shape index (κ3) is 3.03. The number of benzene rings is 2. The SMILES string of the molecule is OC(c1ccccc1)[C@@H]1[C@@H](COCc2ccccc2)C1(F)F. The lowest BCUT2D eigenvalue weighted by Gasteiger charge is -2.09. The van der Waals surface area contributed by atoms with Crippen LogP contribution in [0.15, 0.2) is 60.7 Å². The van der Waals surface area contributed by atoms with Crippen LogP contribution in [-0.4, -0.2) is 17.6 Å². The molecule has 0 radical (unpaired) electrons. The first kappa shape index (κ1) is 15.1. The van der Waals surface area contributed by atoms with Gasteiger partial charge in [-0.15, -0.1) is 0 Å². The molecular formula is C18H18F2O2. The minimum atomic E-state index is -2.87. The van der Waals surface area contributed by atoms with E-state index in [1.807, 2.05) is 30.3 Å².